The molecule has 34 heavy (non-hydrogen) atoms. The first-order valence-electron chi connectivity index (χ1n) is 11.6. The summed E-state index contributed by atoms with van der Waals surface area (Å²) < 4.78 is 10.5. The van der Waals surface area contributed by atoms with E-state index < -0.39 is 34.8 Å². The number of ether oxygens (including phenoxy) is 2. The lowest BCUT2D eigenvalue weighted by molar-refractivity contribution is -0.124. The number of nitrogens with one attached hydrogen (secondary N) is 3. The van der Waals surface area contributed by atoms with Crippen molar-refractivity contribution >= 4 is 29.7 Å². The minimum atomic E-state index is -0.807. The molecule has 0 spiro atoms. The average Bonchev–Trinajstić information content (AvgIpc) is 2.69. The molecular weight excluding hydrogens is 458 g/mol. The van der Waals surface area contributed by atoms with Crippen molar-refractivity contribution in [1.29, 1.82) is 0 Å². The van der Waals surface area contributed by atoms with Gasteiger partial charge in [0.15, 0.2) is 0 Å². The van der Waals surface area contributed by atoms with Gasteiger partial charge in [-0.25, -0.2) is 9.59 Å². The van der Waals surface area contributed by atoms with Crippen LogP contribution < -0.4 is 16.0 Å². The Morgan fingerprint density at radius 3 is 2.00 bits per heavy atom. The third-order valence-electron chi connectivity index (χ3n) is 4.52. The number of benzene rings is 1. The number of rotatable bonds is 10. The summed E-state index contributed by atoms with van der Waals surface area (Å²) in [5.41, 5.74) is -0.368. The van der Waals surface area contributed by atoms with Crippen molar-refractivity contribution < 1.29 is 23.9 Å². The highest BCUT2D eigenvalue weighted by Gasteiger charge is 2.27. The van der Waals surface area contributed by atoms with Crippen molar-refractivity contribution in [3.63, 3.8) is 0 Å². The fourth-order valence-corrected chi connectivity index (χ4v) is 3.23. The standard InChI is InChI=1S/C25H40ClN3O5/c1-17(20(26)18-13-9-8-10-14-18)28-21(30)19(29-23(32)34-25(5,6)7)15-11-12-16-27-22(31)33-24(2,3)4/h8-10,13-14,17,19-20H,11-12,15-16H2,1-7H3,(H,27,31)(H,28,30)(H,29,32)/t17-,19?,20+/m0/s1. The first-order chi connectivity index (χ1) is 15.7. The monoisotopic (exact) mass is 497 g/mol. The van der Waals surface area contributed by atoms with E-state index >= 15 is 0 Å². The average molecular weight is 498 g/mol. The first kappa shape index (κ1) is 29.6. The SMILES string of the molecule is C[C@H](NC(=O)C(CCCCNC(=O)OC(C)(C)C)NC(=O)OC(C)(C)C)[C@@H](Cl)c1ccccc1. The molecule has 0 heterocycles. The van der Waals surface area contributed by atoms with Crippen molar-refractivity contribution in [3.8, 4) is 0 Å². The van der Waals surface area contributed by atoms with Gasteiger partial charge < -0.3 is 25.4 Å². The molecule has 1 aromatic rings. The fraction of sp³-hybridized carbons (Fsp3) is 0.640. The largest absolute Gasteiger partial charge is 0.444 e. The molecule has 0 radical (unpaired) electrons. The molecule has 3 N–H and O–H groups in total. The quantitative estimate of drug-likeness (QED) is 0.309. The minimum absolute atomic E-state index is 0.347. The van der Waals surface area contributed by atoms with E-state index in [9.17, 15) is 14.4 Å². The van der Waals surface area contributed by atoms with Gasteiger partial charge in [-0.2, -0.15) is 0 Å². The Morgan fingerprint density at radius 1 is 0.882 bits per heavy atom. The van der Waals surface area contributed by atoms with Crippen LogP contribution in [0.4, 0.5) is 9.59 Å². The van der Waals surface area contributed by atoms with Gasteiger partial charge in [-0.15, -0.1) is 11.6 Å². The highest BCUT2D eigenvalue weighted by atomic mass is 35.5. The number of carbonyl (C=O) groups excluding carboxylic acids is 3. The molecule has 1 unspecified atom stereocenters. The van der Waals surface area contributed by atoms with E-state index in [0.717, 1.165) is 5.56 Å². The van der Waals surface area contributed by atoms with Crippen LogP contribution in [0.5, 0.6) is 0 Å². The molecule has 0 aliphatic carbocycles. The highest BCUT2D eigenvalue weighted by molar-refractivity contribution is 6.21. The smallest absolute Gasteiger partial charge is 0.408 e. The Kier molecular flexibility index (Phi) is 11.7. The number of alkyl halides is 1. The maximum absolute atomic E-state index is 13.0. The van der Waals surface area contributed by atoms with Gasteiger partial charge in [0.1, 0.15) is 17.2 Å². The molecule has 0 aromatic heterocycles. The predicted molar refractivity (Wildman–Crippen MR) is 134 cm³/mol. The summed E-state index contributed by atoms with van der Waals surface area (Å²) in [4.78, 5) is 37.1. The lowest BCUT2D eigenvalue weighted by Crippen LogP contribution is -2.50. The van der Waals surface area contributed by atoms with E-state index in [1.165, 1.54) is 0 Å². The van der Waals surface area contributed by atoms with Gasteiger partial charge in [-0.05, 0) is 73.3 Å². The molecule has 3 atom stereocenters. The number of halogens is 1. The second-order valence-electron chi connectivity index (χ2n) is 10.2. The van der Waals surface area contributed by atoms with Crippen LogP contribution in [0.25, 0.3) is 0 Å². The van der Waals surface area contributed by atoms with E-state index in [1.54, 1.807) is 41.5 Å². The Hall–Kier alpha value is -2.48. The van der Waals surface area contributed by atoms with E-state index in [0.29, 0.717) is 25.8 Å². The molecule has 1 rings (SSSR count). The summed E-state index contributed by atoms with van der Waals surface area (Å²) >= 11 is 6.54. The maximum Gasteiger partial charge on any atom is 0.408 e. The molecule has 0 saturated carbocycles. The lowest BCUT2D eigenvalue weighted by Gasteiger charge is -2.26. The number of hydrogen-bond acceptors (Lipinski definition) is 5. The van der Waals surface area contributed by atoms with Crippen molar-refractivity contribution in [2.24, 2.45) is 0 Å². The van der Waals surface area contributed by atoms with Gasteiger partial charge in [0.05, 0.1) is 5.38 Å². The molecule has 0 aliphatic heterocycles. The highest BCUT2D eigenvalue weighted by Crippen LogP contribution is 2.24. The van der Waals surface area contributed by atoms with E-state index in [2.05, 4.69) is 16.0 Å². The second-order valence-corrected chi connectivity index (χ2v) is 10.7. The summed E-state index contributed by atoms with van der Waals surface area (Å²) in [5.74, 6) is -0.347. The van der Waals surface area contributed by atoms with Gasteiger partial charge >= 0.3 is 12.2 Å². The zero-order valence-electron chi connectivity index (χ0n) is 21.4. The fourth-order valence-electron chi connectivity index (χ4n) is 3.02. The normalized spacial score (nSPS) is 14.4. The molecule has 3 amide bonds. The number of amides is 3. The van der Waals surface area contributed by atoms with Gasteiger partial charge in [0.2, 0.25) is 5.91 Å². The van der Waals surface area contributed by atoms with Crippen molar-refractivity contribution in [2.75, 3.05) is 6.54 Å². The third-order valence-corrected chi connectivity index (χ3v) is 5.15. The minimum Gasteiger partial charge on any atom is -0.444 e. The molecule has 0 fully saturated rings. The Bertz CT molecular complexity index is 790. The van der Waals surface area contributed by atoms with E-state index in [4.69, 9.17) is 21.1 Å². The van der Waals surface area contributed by atoms with Crippen LogP contribution in [0, 0.1) is 0 Å². The van der Waals surface area contributed by atoms with Crippen LogP contribution in [-0.4, -0.2) is 47.9 Å². The van der Waals surface area contributed by atoms with E-state index in [-0.39, 0.29) is 11.9 Å². The summed E-state index contributed by atoms with van der Waals surface area (Å²) in [6, 6.07) is 8.29. The molecule has 9 heteroatoms. The van der Waals surface area contributed by atoms with Crippen molar-refractivity contribution in [2.45, 2.75) is 96.4 Å². The Labute approximate surface area is 208 Å². The molecule has 0 saturated heterocycles. The first-order valence-corrected chi connectivity index (χ1v) is 12.1. The van der Waals surface area contributed by atoms with Crippen molar-refractivity contribution in [1.82, 2.24) is 16.0 Å². The zero-order valence-corrected chi connectivity index (χ0v) is 22.1. The van der Waals surface area contributed by atoms with Gasteiger partial charge in [-0.1, -0.05) is 30.3 Å². The molecule has 192 valence electrons. The second kappa shape index (κ2) is 13.4. The van der Waals surface area contributed by atoms with Crippen LogP contribution in [0.3, 0.4) is 0 Å². The van der Waals surface area contributed by atoms with Crippen LogP contribution in [0.2, 0.25) is 0 Å². The molecule has 8 nitrogen and oxygen atoms in total. The summed E-state index contributed by atoms with van der Waals surface area (Å²) in [7, 11) is 0. The van der Waals surface area contributed by atoms with E-state index in [1.807, 2.05) is 37.3 Å². The third kappa shape index (κ3) is 12.7. The number of unbranched alkanes of at least 4 members (excludes halogenated alkanes) is 1. The van der Waals surface area contributed by atoms with Crippen LogP contribution >= 0.6 is 11.6 Å². The van der Waals surface area contributed by atoms with Crippen LogP contribution in [0.1, 0.15) is 78.7 Å². The number of carbonyl (C=O) groups is 3. The van der Waals surface area contributed by atoms with Gasteiger partial charge in [0.25, 0.3) is 0 Å². The lowest BCUT2D eigenvalue weighted by atomic mass is 10.0. The van der Waals surface area contributed by atoms with Gasteiger partial charge in [-0.3, -0.25) is 4.79 Å². The Balaban J connectivity index is 2.67. The topological polar surface area (TPSA) is 106 Å². The number of hydrogen-bond donors (Lipinski definition) is 3. The summed E-state index contributed by atoms with van der Waals surface area (Å²) in [5, 5.41) is 7.82. The predicted octanol–water partition coefficient (Wildman–Crippen LogP) is 5.06. The molecule has 1 aromatic carbocycles. The zero-order chi connectivity index (χ0) is 25.9. The molecule has 0 aliphatic rings. The molecule has 0 bridgehead atoms. The number of alkyl carbamates (subject to hydrolysis) is 2. The Morgan fingerprint density at radius 2 is 1.44 bits per heavy atom. The summed E-state index contributed by atoms with van der Waals surface area (Å²) in [6.45, 7) is 12.9. The summed E-state index contributed by atoms with van der Waals surface area (Å²) in [6.07, 6.45) is 0.401. The molecular formula is C25H40ClN3O5. The van der Waals surface area contributed by atoms with Crippen LogP contribution in [0.15, 0.2) is 30.3 Å². The van der Waals surface area contributed by atoms with Gasteiger partial charge in [0, 0.05) is 12.6 Å². The maximum atomic E-state index is 13.0. The van der Waals surface area contributed by atoms with Crippen molar-refractivity contribution in [3.05, 3.63) is 35.9 Å². The van der Waals surface area contributed by atoms with Crippen LogP contribution in [-0.2, 0) is 14.3 Å².